The molecule has 0 unspecified atom stereocenters. The van der Waals surface area contributed by atoms with Crippen molar-refractivity contribution in [2.75, 3.05) is 11.5 Å². The Hall–Kier alpha value is -1.97. The van der Waals surface area contributed by atoms with Crippen molar-refractivity contribution in [2.24, 2.45) is 7.05 Å². The van der Waals surface area contributed by atoms with Crippen molar-refractivity contribution in [3.8, 4) is 0 Å². The van der Waals surface area contributed by atoms with Crippen molar-refractivity contribution >= 4 is 11.4 Å². The number of anilines is 2. The first kappa shape index (κ1) is 10.5. The highest BCUT2D eigenvalue weighted by Crippen LogP contribution is 2.16. The van der Waals surface area contributed by atoms with Crippen LogP contribution in [-0.2, 0) is 20.0 Å². The molecular weight excluding hydrogens is 200 g/mol. The molecule has 0 aliphatic rings. The average Bonchev–Trinajstić information content (AvgIpc) is 2.66. The Labute approximate surface area is 95.1 Å². The Morgan fingerprint density at radius 2 is 2.12 bits per heavy atom. The molecule has 4 nitrogen and oxygen atoms in total. The van der Waals surface area contributed by atoms with Gasteiger partial charge in [-0.15, -0.1) is 0 Å². The SMILES string of the molecule is C[n+]1ccn(CCc2cc(N)ccc2N)c1. The molecule has 16 heavy (non-hydrogen) atoms. The van der Waals surface area contributed by atoms with Gasteiger partial charge < -0.3 is 11.5 Å². The van der Waals surface area contributed by atoms with E-state index >= 15 is 0 Å². The lowest BCUT2D eigenvalue weighted by molar-refractivity contribution is -0.671. The maximum absolute atomic E-state index is 5.89. The molecular formula is C12H17N4+. The Bertz CT molecular complexity index is 488. The molecule has 1 heterocycles. The van der Waals surface area contributed by atoms with Crippen molar-refractivity contribution in [1.82, 2.24) is 4.57 Å². The molecule has 0 bridgehead atoms. The molecule has 0 radical (unpaired) electrons. The van der Waals surface area contributed by atoms with Crippen LogP contribution in [0.15, 0.2) is 36.9 Å². The number of benzene rings is 1. The second-order valence-corrected chi connectivity index (χ2v) is 4.03. The van der Waals surface area contributed by atoms with Crippen LogP contribution in [0.1, 0.15) is 5.56 Å². The van der Waals surface area contributed by atoms with Crippen molar-refractivity contribution in [3.63, 3.8) is 0 Å². The zero-order valence-electron chi connectivity index (χ0n) is 9.43. The summed E-state index contributed by atoms with van der Waals surface area (Å²) in [5, 5.41) is 0. The fourth-order valence-electron chi connectivity index (χ4n) is 1.73. The third kappa shape index (κ3) is 2.34. The Morgan fingerprint density at radius 3 is 2.81 bits per heavy atom. The standard InChI is InChI=1S/C12H17N4/c1-15-6-7-16(9-15)5-4-10-8-11(13)2-3-12(10)14/h2-3,6-9H,4-5,13-14H2,1H3/q+1. The number of imidazole rings is 1. The molecule has 1 aromatic carbocycles. The summed E-state index contributed by atoms with van der Waals surface area (Å²) in [5.41, 5.74) is 14.3. The van der Waals surface area contributed by atoms with Crippen molar-refractivity contribution in [1.29, 1.82) is 0 Å². The predicted molar refractivity (Wildman–Crippen MR) is 64.6 cm³/mol. The summed E-state index contributed by atoms with van der Waals surface area (Å²) in [4.78, 5) is 0. The van der Waals surface area contributed by atoms with Crippen molar-refractivity contribution in [3.05, 3.63) is 42.5 Å². The maximum Gasteiger partial charge on any atom is 0.243 e. The topological polar surface area (TPSA) is 60.8 Å². The quantitative estimate of drug-likeness (QED) is 0.588. The fraction of sp³-hybridized carbons (Fsp3) is 0.250. The van der Waals surface area contributed by atoms with Gasteiger partial charge in [-0.25, -0.2) is 9.13 Å². The van der Waals surface area contributed by atoms with Crippen LogP contribution in [0.4, 0.5) is 11.4 Å². The summed E-state index contributed by atoms with van der Waals surface area (Å²) in [6.45, 7) is 0.911. The van der Waals surface area contributed by atoms with E-state index in [0.717, 1.165) is 29.9 Å². The minimum Gasteiger partial charge on any atom is -0.399 e. The second-order valence-electron chi connectivity index (χ2n) is 4.03. The highest BCUT2D eigenvalue weighted by molar-refractivity contribution is 5.55. The number of nitrogens with two attached hydrogens (primary N) is 2. The predicted octanol–water partition coefficient (Wildman–Crippen LogP) is 0.720. The van der Waals surface area contributed by atoms with Gasteiger partial charge in [0.15, 0.2) is 0 Å². The number of nitrogens with zero attached hydrogens (tertiary/aromatic N) is 2. The lowest BCUT2D eigenvalue weighted by atomic mass is 10.1. The van der Waals surface area contributed by atoms with Crippen LogP contribution in [0, 0.1) is 0 Å². The van der Waals surface area contributed by atoms with Crippen LogP contribution in [0.3, 0.4) is 0 Å². The number of hydrogen-bond acceptors (Lipinski definition) is 2. The molecule has 0 aliphatic carbocycles. The van der Waals surface area contributed by atoms with Gasteiger partial charge in [-0.05, 0) is 23.8 Å². The van der Waals surface area contributed by atoms with Gasteiger partial charge in [0.25, 0.3) is 0 Å². The van der Waals surface area contributed by atoms with Gasteiger partial charge in [0.05, 0.1) is 13.6 Å². The van der Waals surface area contributed by atoms with E-state index in [-0.39, 0.29) is 0 Å². The Morgan fingerprint density at radius 1 is 1.31 bits per heavy atom. The number of hydrogen-bond donors (Lipinski definition) is 2. The number of aryl methyl sites for hydroxylation is 3. The largest absolute Gasteiger partial charge is 0.399 e. The van der Waals surface area contributed by atoms with Gasteiger partial charge in [0.1, 0.15) is 12.4 Å². The summed E-state index contributed by atoms with van der Waals surface area (Å²) >= 11 is 0. The normalized spacial score (nSPS) is 10.6. The molecule has 0 saturated heterocycles. The third-order valence-electron chi connectivity index (χ3n) is 2.63. The summed E-state index contributed by atoms with van der Waals surface area (Å²) in [6.07, 6.45) is 7.00. The highest BCUT2D eigenvalue weighted by atomic mass is 15.1. The van der Waals surface area contributed by atoms with E-state index < -0.39 is 0 Å². The van der Waals surface area contributed by atoms with E-state index in [2.05, 4.69) is 4.57 Å². The zero-order chi connectivity index (χ0) is 11.5. The molecule has 2 aromatic rings. The molecule has 0 spiro atoms. The molecule has 0 atom stereocenters. The van der Waals surface area contributed by atoms with Crippen LogP contribution >= 0.6 is 0 Å². The van der Waals surface area contributed by atoms with Crippen molar-refractivity contribution < 1.29 is 4.57 Å². The molecule has 1 aromatic heterocycles. The second kappa shape index (κ2) is 4.26. The smallest absolute Gasteiger partial charge is 0.243 e. The Kier molecular flexibility index (Phi) is 2.81. The average molecular weight is 217 g/mol. The van der Waals surface area contributed by atoms with E-state index in [1.807, 2.05) is 48.5 Å². The van der Waals surface area contributed by atoms with E-state index in [4.69, 9.17) is 11.5 Å². The molecule has 84 valence electrons. The summed E-state index contributed by atoms with van der Waals surface area (Å²) in [7, 11) is 2.01. The number of rotatable bonds is 3. The maximum atomic E-state index is 5.89. The molecule has 4 heteroatoms. The molecule has 0 amide bonds. The van der Waals surface area contributed by atoms with Crippen LogP contribution in [0.25, 0.3) is 0 Å². The van der Waals surface area contributed by atoms with Gasteiger partial charge in [-0.1, -0.05) is 0 Å². The lowest BCUT2D eigenvalue weighted by Gasteiger charge is -2.05. The first-order valence-corrected chi connectivity index (χ1v) is 5.30. The van der Waals surface area contributed by atoms with Gasteiger partial charge in [-0.2, -0.15) is 0 Å². The number of nitrogen functional groups attached to an aromatic ring is 2. The van der Waals surface area contributed by atoms with Crippen LogP contribution in [0.2, 0.25) is 0 Å². The fourth-order valence-corrected chi connectivity index (χ4v) is 1.73. The number of aromatic nitrogens is 2. The van der Waals surface area contributed by atoms with E-state index in [1.165, 1.54) is 0 Å². The Balaban J connectivity index is 2.07. The molecule has 0 fully saturated rings. The van der Waals surface area contributed by atoms with Gasteiger partial charge in [0, 0.05) is 17.8 Å². The minimum atomic E-state index is 0.766. The first-order chi connectivity index (χ1) is 7.65. The monoisotopic (exact) mass is 217 g/mol. The first-order valence-electron chi connectivity index (χ1n) is 5.30. The zero-order valence-corrected chi connectivity index (χ0v) is 9.43. The molecule has 4 N–H and O–H groups in total. The third-order valence-corrected chi connectivity index (χ3v) is 2.63. The van der Waals surface area contributed by atoms with Crippen molar-refractivity contribution in [2.45, 2.75) is 13.0 Å². The van der Waals surface area contributed by atoms with Crippen LogP contribution in [-0.4, -0.2) is 4.57 Å². The molecule has 0 saturated carbocycles. The minimum absolute atomic E-state index is 0.766. The molecule has 2 rings (SSSR count). The van der Waals surface area contributed by atoms with Crippen LogP contribution < -0.4 is 16.0 Å². The van der Waals surface area contributed by atoms with Crippen LogP contribution in [0.5, 0.6) is 0 Å². The lowest BCUT2D eigenvalue weighted by Crippen LogP contribution is -2.23. The molecule has 0 aliphatic heterocycles. The van der Waals surface area contributed by atoms with Gasteiger partial charge >= 0.3 is 0 Å². The summed E-state index contributed by atoms with van der Waals surface area (Å²) in [5.74, 6) is 0. The summed E-state index contributed by atoms with van der Waals surface area (Å²) in [6, 6.07) is 5.63. The summed E-state index contributed by atoms with van der Waals surface area (Å²) < 4.78 is 4.14. The highest BCUT2D eigenvalue weighted by Gasteiger charge is 2.04. The van der Waals surface area contributed by atoms with E-state index in [0.29, 0.717) is 0 Å². The van der Waals surface area contributed by atoms with Gasteiger partial charge in [0.2, 0.25) is 6.33 Å². The van der Waals surface area contributed by atoms with Gasteiger partial charge in [-0.3, -0.25) is 0 Å². The van der Waals surface area contributed by atoms with E-state index in [1.54, 1.807) is 0 Å². The van der Waals surface area contributed by atoms with E-state index in [9.17, 15) is 0 Å².